The van der Waals surface area contributed by atoms with Gasteiger partial charge in [0, 0.05) is 15.1 Å². The molecule has 0 radical (unpaired) electrons. The number of nitrogens with one attached hydrogen (secondary N) is 1. The Bertz CT molecular complexity index is 1240. The van der Waals surface area contributed by atoms with E-state index in [1.165, 1.54) is 25.5 Å². The maximum atomic E-state index is 12.3. The van der Waals surface area contributed by atoms with Gasteiger partial charge in [-0.1, -0.05) is 52.5 Å². The van der Waals surface area contributed by atoms with Crippen molar-refractivity contribution in [1.82, 2.24) is 5.43 Å². The minimum absolute atomic E-state index is 0.226. The summed E-state index contributed by atoms with van der Waals surface area (Å²) in [6.07, 6.45) is 1.46. The summed E-state index contributed by atoms with van der Waals surface area (Å²) in [4.78, 5) is 12.3. The molecule has 0 saturated carbocycles. The normalized spacial score (nSPS) is 11.0. The zero-order valence-electron chi connectivity index (χ0n) is 16.8. The van der Waals surface area contributed by atoms with Crippen LogP contribution in [0.2, 0.25) is 20.1 Å². The van der Waals surface area contributed by atoms with E-state index >= 15 is 0 Å². The molecule has 3 rings (SSSR count). The number of hydrogen-bond donors (Lipinski definition) is 1. The van der Waals surface area contributed by atoms with Crippen molar-refractivity contribution in [2.45, 2.75) is 6.61 Å². The average molecular weight is 656 g/mol. The molecular formula is C22H14Br2Cl4N2O3. The van der Waals surface area contributed by atoms with E-state index in [2.05, 4.69) is 42.4 Å². The zero-order valence-corrected chi connectivity index (χ0v) is 23.0. The fraction of sp³-hybridized carbons (Fsp3) is 0.0909. The summed E-state index contributed by atoms with van der Waals surface area (Å²) in [6, 6.07) is 11.5. The van der Waals surface area contributed by atoms with Crippen LogP contribution in [0.25, 0.3) is 0 Å². The van der Waals surface area contributed by atoms with Gasteiger partial charge >= 0.3 is 0 Å². The summed E-state index contributed by atoms with van der Waals surface area (Å²) >= 11 is 31.0. The molecule has 0 heterocycles. The zero-order chi connectivity index (χ0) is 24.1. The van der Waals surface area contributed by atoms with Gasteiger partial charge in [-0.3, -0.25) is 4.79 Å². The molecule has 3 aromatic carbocycles. The Morgan fingerprint density at radius 1 is 1.00 bits per heavy atom. The summed E-state index contributed by atoms with van der Waals surface area (Å²) < 4.78 is 12.7. The van der Waals surface area contributed by atoms with E-state index in [1.54, 1.807) is 24.3 Å². The SMILES string of the molecule is COc1cc(/C=N\NC(=O)c2ccc(Cl)cc2Cl)c(Br)c(Br)c1OCc1ccc(Cl)c(Cl)c1. The van der Waals surface area contributed by atoms with Crippen LogP contribution in [0.3, 0.4) is 0 Å². The van der Waals surface area contributed by atoms with Crippen molar-refractivity contribution in [2.75, 3.05) is 7.11 Å². The molecule has 3 aromatic rings. The van der Waals surface area contributed by atoms with Gasteiger partial charge in [0.2, 0.25) is 0 Å². The Labute approximate surface area is 227 Å². The topological polar surface area (TPSA) is 59.9 Å². The monoisotopic (exact) mass is 652 g/mol. The van der Waals surface area contributed by atoms with Gasteiger partial charge < -0.3 is 9.47 Å². The van der Waals surface area contributed by atoms with Gasteiger partial charge in [0.25, 0.3) is 5.91 Å². The Hall–Kier alpha value is -1.48. The van der Waals surface area contributed by atoms with E-state index in [4.69, 9.17) is 55.9 Å². The van der Waals surface area contributed by atoms with E-state index in [-0.39, 0.29) is 17.2 Å². The van der Waals surface area contributed by atoms with Crippen LogP contribution in [0.15, 0.2) is 56.5 Å². The number of carbonyl (C=O) groups is 1. The summed E-state index contributed by atoms with van der Waals surface area (Å²) in [5, 5.41) is 5.58. The van der Waals surface area contributed by atoms with Gasteiger partial charge in [-0.15, -0.1) is 0 Å². The predicted molar refractivity (Wildman–Crippen MR) is 141 cm³/mol. The number of halogens is 6. The highest BCUT2D eigenvalue weighted by molar-refractivity contribution is 9.13. The number of carbonyl (C=O) groups excluding carboxylic acids is 1. The van der Waals surface area contributed by atoms with Crippen molar-refractivity contribution in [2.24, 2.45) is 5.10 Å². The number of hydrazone groups is 1. The lowest BCUT2D eigenvalue weighted by Crippen LogP contribution is -2.18. The van der Waals surface area contributed by atoms with E-state index in [0.29, 0.717) is 41.1 Å². The number of ether oxygens (including phenoxy) is 2. The molecule has 5 nitrogen and oxygen atoms in total. The molecule has 0 aliphatic heterocycles. The van der Waals surface area contributed by atoms with E-state index in [1.807, 2.05) is 6.07 Å². The minimum Gasteiger partial charge on any atom is -0.493 e. The molecule has 11 heteroatoms. The number of rotatable bonds is 7. The molecule has 33 heavy (non-hydrogen) atoms. The molecule has 0 aliphatic carbocycles. The lowest BCUT2D eigenvalue weighted by atomic mass is 10.2. The molecule has 0 saturated heterocycles. The Morgan fingerprint density at radius 3 is 2.42 bits per heavy atom. The smallest absolute Gasteiger partial charge is 0.272 e. The number of benzene rings is 3. The molecule has 0 unspecified atom stereocenters. The van der Waals surface area contributed by atoms with Crippen LogP contribution in [-0.2, 0) is 6.61 Å². The molecule has 0 aliphatic rings. The second kappa shape index (κ2) is 11.8. The van der Waals surface area contributed by atoms with Crippen molar-refractivity contribution in [1.29, 1.82) is 0 Å². The minimum atomic E-state index is -0.475. The first-order valence-corrected chi connectivity index (χ1v) is 12.2. The van der Waals surface area contributed by atoms with Crippen LogP contribution >= 0.6 is 78.3 Å². The second-order valence-corrected chi connectivity index (χ2v) is 9.73. The van der Waals surface area contributed by atoms with Crippen LogP contribution in [0.5, 0.6) is 11.5 Å². The van der Waals surface area contributed by atoms with Gasteiger partial charge in [0.05, 0.1) is 38.4 Å². The Balaban J connectivity index is 1.77. The maximum Gasteiger partial charge on any atom is 0.272 e. The van der Waals surface area contributed by atoms with Crippen LogP contribution < -0.4 is 14.9 Å². The molecule has 0 bridgehead atoms. The third-order valence-corrected chi connectivity index (χ3v) is 7.72. The third kappa shape index (κ3) is 6.56. The van der Waals surface area contributed by atoms with Crippen LogP contribution in [0.4, 0.5) is 0 Å². The number of hydrogen-bond acceptors (Lipinski definition) is 4. The number of amides is 1. The molecule has 1 N–H and O–H groups in total. The van der Waals surface area contributed by atoms with Gasteiger partial charge in [-0.05, 0) is 73.8 Å². The van der Waals surface area contributed by atoms with Crippen molar-refractivity contribution in [3.63, 3.8) is 0 Å². The number of nitrogens with zero attached hydrogens (tertiary/aromatic N) is 1. The van der Waals surface area contributed by atoms with Crippen LogP contribution in [0.1, 0.15) is 21.5 Å². The van der Waals surface area contributed by atoms with Gasteiger partial charge in [0.1, 0.15) is 6.61 Å². The fourth-order valence-corrected chi connectivity index (χ4v) is 4.41. The van der Waals surface area contributed by atoms with Gasteiger partial charge in [0.15, 0.2) is 11.5 Å². The highest BCUT2D eigenvalue weighted by atomic mass is 79.9. The molecule has 1 amide bonds. The first kappa shape index (κ1) is 26.1. The van der Waals surface area contributed by atoms with Gasteiger partial charge in [-0.25, -0.2) is 5.43 Å². The largest absolute Gasteiger partial charge is 0.493 e. The highest BCUT2D eigenvalue weighted by Crippen LogP contribution is 2.42. The predicted octanol–water partition coefficient (Wildman–Crippen LogP) is 8.18. The summed E-state index contributed by atoms with van der Waals surface area (Å²) in [7, 11) is 1.52. The summed E-state index contributed by atoms with van der Waals surface area (Å²) in [6.45, 7) is 0.240. The molecule has 0 atom stereocenters. The fourth-order valence-electron chi connectivity index (χ4n) is 2.66. The Morgan fingerprint density at radius 2 is 1.76 bits per heavy atom. The molecular weight excluding hydrogens is 642 g/mol. The quantitative estimate of drug-likeness (QED) is 0.206. The summed E-state index contributed by atoms with van der Waals surface area (Å²) in [5.74, 6) is 0.458. The summed E-state index contributed by atoms with van der Waals surface area (Å²) in [5.41, 5.74) is 4.15. The van der Waals surface area contributed by atoms with Crippen molar-refractivity contribution < 1.29 is 14.3 Å². The van der Waals surface area contributed by atoms with E-state index < -0.39 is 5.91 Å². The van der Waals surface area contributed by atoms with Gasteiger partial charge in [-0.2, -0.15) is 5.10 Å². The first-order chi connectivity index (χ1) is 15.7. The maximum absolute atomic E-state index is 12.3. The number of methoxy groups -OCH3 is 1. The van der Waals surface area contributed by atoms with E-state index in [0.717, 1.165) is 5.56 Å². The lowest BCUT2D eigenvalue weighted by molar-refractivity contribution is 0.0955. The van der Waals surface area contributed by atoms with Crippen molar-refractivity contribution >= 4 is 90.4 Å². The van der Waals surface area contributed by atoms with Crippen molar-refractivity contribution in [3.8, 4) is 11.5 Å². The molecule has 0 spiro atoms. The lowest BCUT2D eigenvalue weighted by Gasteiger charge is -2.15. The Kier molecular flexibility index (Phi) is 9.33. The van der Waals surface area contributed by atoms with Crippen LogP contribution in [-0.4, -0.2) is 19.2 Å². The molecule has 172 valence electrons. The second-order valence-electron chi connectivity index (χ2n) is 6.49. The molecule has 0 fully saturated rings. The van der Waals surface area contributed by atoms with E-state index in [9.17, 15) is 4.79 Å². The first-order valence-electron chi connectivity index (χ1n) is 9.12. The average Bonchev–Trinajstić information content (AvgIpc) is 2.78. The van der Waals surface area contributed by atoms with Crippen molar-refractivity contribution in [3.05, 3.63) is 88.2 Å². The standard InChI is InChI=1S/C22H14Br2Cl4N2O3/c1-32-18-7-12(9-29-30-22(31)14-4-3-13(25)8-16(14)27)19(23)20(24)21(18)33-10-11-2-5-15(26)17(28)6-11/h2-9H,10H2,1H3,(H,30,31)/b29-9-. The highest BCUT2D eigenvalue weighted by Gasteiger charge is 2.17. The molecule has 0 aromatic heterocycles. The van der Waals surface area contributed by atoms with Crippen LogP contribution in [0, 0.1) is 0 Å². The third-order valence-electron chi connectivity index (χ3n) is 4.29.